The normalized spacial score (nSPS) is 10.7. The van der Waals surface area contributed by atoms with Gasteiger partial charge in [0.1, 0.15) is 6.61 Å². The van der Waals surface area contributed by atoms with Crippen molar-refractivity contribution < 1.29 is 19.2 Å². The Hall–Kier alpha value is -4.75. The Morgan fingerprint density at radius 3 is 2.77 bits per heavy atom. The molecule has 0 bridgehead atoms. The van der Waals surface area contributed by atoms with Crippen molar-refractivity contribution in [3.63, 3.8) is 0 Å². The number of nitrogens with one attached hydrogen (secondary N) is 1. The van der Waals surface area contributed by atoms with Crippen LogP contribution in [0.2, 0.25) is 0 Å². The Bertz CT molecular complexity index is 1490. The van der Waals surface area contributed by atoms with Gasteiger partial charge in [-0.2, -0.15) is 10.4 Å². The molecule has 0 fully saturated rings. The lowest BCUT2D eigenvalue weighted by atomic mass is 10.1. The fraction of sp³-hybridized carbons (Fsp3) is 0.0800. The van der Waals surface area contributed by atoms with Crippen LogP contribution in [0.4, 0.5) is 5.69 Å². The Kier molecular flexibility index (Phi) is 6.99. The van der Waals surface area contributed by atoms with Gasteiger partial charge in [0.25, 0.3) is 11.6 Å². The SMILES string of the molecule is COc1cc(/C=N\NC(=O)c2cc3cc([N+](=O)[O-])ccc3s2)ccc1OCc1ccccc1C#N. The van der Waals surface area contributed by atoms with Crippen molar-refractivity contribution in [3.05, 3.63) is 98.4 Å². The molecule has 9 nitrogen and oxygen atoms in total. The summed E-state index contributed by atoms with van der Waals surface area (Å²) in [4.78, 5) is 23.3. The van der Waals surface area contributed by atoms with Crippen LogP contribution in [0.1, 0.15) is 26.4 Å². The van der Waals surface area contributed by atoms with Crippen LogP contribution in [-0.4, -0.2) is 24.2 Å². The number of hydrogen-bond donors (Lipinski definition) is 1. The lowest BCUT2D eigenvalue weighted by Gasteiger charge is -2.12. The average molecular weight is 487 g/mol. The van der Waals surface area contributed by atoms with Gasteiger partial charge in [-0.05, 0) is 42.0 Å². The fourth-order valence-electron chi connectivity index (χ4n) is 3.27. The van der Waals surface area contributed by atoms with Crippen molar-refractivity contribution in [1.29, 1.82) is 5.26 Å². The summed E-state index contributed by atoms with van der Waals surface area (Å²) in [6, 6.07) is 20.6. The number of hydrogen-bond acceptors (Lipinski definition) is 8. The first-order valence-corrected chi connectivity index (χ1v) is 11.1. The topological polar surface area (TPSA) is 127 Å². The van der Waals surface area contributed by atoms with Crippen molar-refractivity contribution >= 4 is 39.2 Å². The molecular formula is C25H18N4O5S. The summed E-state index contributed by atoms with van der Waals surface area (Å²) in [6.45, 7) is 0.210. The molecule has 3 aromatic carbocycles. The molecule has 0 spiro atoms. The zero-order valence-electron chi connectivity index (χ0n) is 18.4. The standard InChI is InChI=1S/C25H18N4O5S/c1-33-22-10-16(6-8-21(22)34-15-18-5-3-2-4-17(18)13-26)14-27-28-25(30)24-12-19-11-20(29(31)32)7-9-23(19)35-24/h2-12,14H,15H2,1H3,(H,28,30)/b27-14-. The first kappa shape index (κ1) is 23.4. The van der Waals surface area contributed by atoms with Gasteiger partial charge in [0.2, 0.25) is 0 Å². The maximum Gasteiger partial charge on any atom is 0.281 e. The molecule has 35 heavy (non-hydrogen) atoms. The third kappa shape index (κ3) is 5.43. The molecule has 0 aliphatic rings. The first-order valence-electron chi connectivity index (χ1n) is 10.3. The van der Waals surface area contributed by atoms with E-state index in [0.717, 1.165) is 10.3 Å². The molecule has 1 N–H and O–H groups in total. The second-order valence-electron chi connectivity index (χ2n) is 7.26. The number of thiophene rings is 1. The Morgan fingerprint density at radius 1 is 1.17 bits per heavy atom. The molecular weight excluding hydrogens is 468 g/mol. The van der Waals surface area contributed by atoms with E-state index in [1.165, 1.54) is 36.8 Å². The number of carbonyl (C=O) groups is 1. The van der Waals surface area contributed by atoms with E-state index in [2.05, 4.69) is 16.6 Å². The van der Waals surface area contributed by atoms with Crippen LogP contribution >= 0.6 is 11.3 Å². The lowest BCUT2D eigenvalue weighted by Crippen LogP contribution is -2.16. The minimum atomic E-state index is -0.475. The van der Waals surface area contributed by atoms with Gasteiger partial charge in [-0.3, -0.25) is 14.9 Å². The number of hydrazone groups is 1. The molecule has 0 saturated carbocycles. The van der Waals surface area contributed by atoms with E-state index in [-0.39, 0.29) is 12.3 Å². The number of amides is 1. The molecule has 0 saturated heterocycles. The van der Waals surface area contributed by atoms with Crippen LogP contribution in [0.5, 0.6) is 11.5 Å². The largest absolute Gasteiger partial charge is 0.493 e. The van der Waals surface area contributed by atoms with Crippen molar-refractivity contribution in [3.8, 4) is 17.6 Å². The van der Waals surface area contributed by atoms with Crippen LogP contribution in [0, 0.1) is 21.4 Å². The highest BCUT2D eigenvalue weighted by molar-refractivity contribution is 7.20. The lowest BCUT2D eigenvalue weighted by molar-refractivity contribution is -0.384. The number of fused-ring (bicyclic) bond motifs is 1. The maximum atomic E-state index is 12.5. The van der Waals surface area contributed by atoms with Crippen LogP contribution in [0.3, 0.4) is 0 Å². The number of rotatable bonds is 8. The molecule has 0 unspecified atom stereocenters. The summed E-state index contributed by atoms with van der Waals surface area (Å²) >= 11 is 1.22. The van der Waals surface area contributed by atoms with Gasteiger partial charge in [0.15, 0.2) is 11.5 Å². The smallest absolute Gasteiger partial charge is 0.281 e. The number of nitrogens with zero attached hydrogens (tertiary/aromatic N) is 3. The van der Waals surface area contributed by atoms with Gasteiger partial charge < -0.3 is 9.47 Å². The molecule has 4 rings (SSSR count). The van der Waals surface area contributed by atoms with Crippen molar-refractivity contribution in [1.82, 2.24) is 5.43 Å². The number of carbonyl (C=O) groups excluding carboxylic acids is 1. The van der Waals surface area contributed by atoms with E-state index in [4.69, 9.17) is 9.47 Å². The molecule has 174 valence electrons. The van der Waals surface area contributed by atoms with Crippen molar-refractivity contribution in [2.24, 2.45) is 5.10 Å². The second kappa shape index (κ2) is 10.5. The van der Waals surface area contributed by atoms with Crippen molar-refractivity contribution in [2.75, 3.05) is 7.11 Å². The van der Waals surface area contributed by atoms with Gasteiger partial charge >= 0.3 is 0 Å². The molecule has 0 radical (unpaired) electrons. The number of nitriles is 1. The van der Waals surface area contributed by atoms with Crippen molar-refractivity contribution in [2.45, 2.75) is 6.61 Å². The zero-order valence-corrected chi connectivity index (χ0v) is 19.2. The van der Waals surface area contributed by atoms with E-state index in [9.17, 15) is 20.2 Å². The summed E-state index contributed by atoms with van der Waals surface area (Å²) < 4.78 is 12.0. The third-order valence-corrected chi connectivity index (χ3v) is 6.14. The van der Waals surface area contributed by atoms with Gasteiger partial charge in [0.05, 0.1) is 34.8 Å². The minimum absolute atomic E-state index is 0.0316. The van der Waals surface area contributed by atoms with Crippen LogP contribution in [0.15, 0.2) is 71.8 Å². The van der Waals surface area contributed by atoms with Gasteiger partial charge in [-0.15, -0.1) is 11.3 Å². The summed E-state index contributed by atoms with van der Waals surface area (Å²) in [5, 5.41) is 24.8. The minimum Gasteiger partial charge on any atom is -0.493 e. The highest BCUT2D eigenvalue weighted by atomic mass is 32.1. The van der Waals surface area contributed by atoms with E-state index in [1.54, 1.807) is 42.5 Å². The molecule has 10 heteroatoms. The molecule has 0 atom stereocenters. The summed E-state index contributed by atoms with van der Waals surface area (Å²) in [7, 11) is 1.51. The molecule has 0 aliphatic heterocycles. The highest BCUT2D eigenvalue weighted by Gasteiger charge is 2.13. The Balaban J connectivity index is 1.41. The second-order valence-corrected chi connectivity index (χ2v) is 8.34. The fourth-order valence-corrected chi connectivity index (χ4v) is 4.20. The van der Waals surface area contributed by atoms with Crippen LogP contribution in [0.25, 0.3) is 10.1 Å². The van der Waals surface area contributed by atoms with E-state index in [0.29, 0.717) is 32.9 Å². The first-order chi connectivity index (χ1) is 17.0. The zero-order chi connectivity index (χ0) is 24.8. The van der Waals surface area contributed by atoms with E-state index < -0.39 is 10.8 Å². The van der Waals surface area contributed by atoms with Gasteiger partial charge in [-0.1, -0.05) is 18.2 Å². The Labute approximate surface area is 204 Å². The average Bonchev–Trinajstić information content (AvgIpc) is 3.31. The summed E-state index contributed by atoms with van der Waals surface area (Å²) in [5.41, 5.74) is 4.40. The highest BCUT2D eigenvalue weighted by Crippen LogP contribution is 2.30. The molecule has 1 amide bonds. The number of non-ortho nitro benzene ring substituents is 1. The van der Waals surface area contributed by atoms with Gasteiger partial charge in [0, 0.05) is 27.8 Å². The predicted octanol–water partition coefficient (Wildman–Crippen LogP) is 5.03. The Morgan fingerprint density at radius 2 is 2.00 bits per heavy atom. The molecule has 1 heterocycles. The number of nitro groups is 1. The summed E-state index contributed by atoms with van der Waals surface area (Å²) in [6.07, 6.45) is 1.47. The molecule has 0 aliphatic carbocycles. The molecule has 4 aromatic rings. The number of methoxy groups -OCH3 is 1. The van der Waals surface area contributed by atoms with E-state index in [1.807, 2.05) is 12.1 Å². The quantitative estimate of drug-likeness (QED) is 0.211. The van der Waals surface area contributed by atoms with E-state index >= 15 is 0 Å². The summed E-state index contributed by atoms with van der Waals surface area (Å²) in [5.74, 6) is 0.551. The molecule has 1 aromatic heterocycles. The number of benzene rings is 3. The van der Waals surface area contributed by atoms with Crippen LogP contribution < -0.4 is 14.9 Å². The predicted molar refractivity (Wildman–Crippen MR) is 132 cm³/mol. The van der Waals surface area contributed by atoms with Gasteiger partial charge in [-0.25, -0.2) is 5.43 Å². The maximum absolute atomic E-state index is 12.5. The number of nitro benzene ring substituents is 1. The van der Waals surface area contributed by atoms with Crippen LogP contribution in [-0.2, 0) is 6.61 Å². The third-order valence-electron chi connectivity index (χ3n) is 5.02. The monoisotopic (exact) mass is 486 g/mol. The number of ether oxygens (including phenoxy) is 2.